The van der Waals surface area contributed by atoms with E-state index in [-0.39, 0.29) is 0 Å². The Balaban J connectivity index is 2.02. The van der Waals surface area contributed by atoms with Gasteiger partial charge in [0.15, 0.2) is 0 Å². The van der Waals surface area contributed by atoms with Crippen LogP contribution in [-0.2, 0) is 0 Å². The van der Waals surface area contributed by atoms with E-state index in [0.29, 0.717) is 5.56 Å². The van der Waals surface area contributed by atoms with E-state index >= 15 is 0 Å². The van der Waals surface area contributed by atoms with E-state index in [1.807, 2.05) is 40.9 Å². The summed E-state index contributed by atoms with van der Waals surface area (Å²) in [6, 6.07) is 15.2. The summed E-state index contributed by atoms with van der Waals surface area (Å²) < 4.78 is 1.93. The zero-order valence-corrected chi connectivity index (χ0v) is 10.0. The van der Waals surface area contributed by atoms with E-state index < -0.39 is 0 Å². The Morgan fingerprint density at radius 3 is 2.79 bits per heavy atom. The van der Waals surface area contributed by atoms with Crippen molar-refractivity contribution in [3.05, 3.63) is 71.7 Å². The van der Waals surface area contributed by atoms with Crippen LogP contribution >= 0.6 is 0 Å². The molecular weight excluding hydrogens is 234 g/mol. The van der Waals surface area contributed by atoms with Gasteiger partial charge in [0.25, 0.3) is 0 Å². The van der Waals surface area contributed by atoms with Gasteiger partial charge < -0.3 is 0 Å². The second kappa shape index (κ2) is 4.68. The van der Waals surface area contributed by atoms with Gasteiger partial charge in [0.1, 0.15) is 11.3 Å². The maximum Gasteiger partial charge on any atom is 0.137 e. The summed E-state index contributed by atoms with van der Waals surface area (Å²) in [6.07, 6.45) is 3.68. The lowest BCUT2D eigenvalue weighted by atomic mass is 10.1. The van der Waals surface area contributed by atoms with Crippen molar-refractivity contribution >= 4 is 5.65 Å². The van der Waals surface area contributed by atoms with Crippen LogP contribution in [0.1, 0.15) is 16.8 Å². The Morgan fingerprint density at radius 1 is 1.00 bits per heavy atom. The monoisotopic (exact) mass is 243 g/mol. The van der Waals surface area contributed by atoms with Gasteiger partial charge in [-0.15, -0.1) is 0 Å². The minimum atomic E-state index is 0.616. The van der Waals surface area contributed by atoms with Crippen molar-refractivity contribution < 1.29 is 0 Å². The number of rotatable bonds is 0. The van der Waals surface area contributed by atoms with E-state index in [4.69, 9.17) is 5.26 Å². The van der Waals surface area contributed by atoms with Crippen molar-refractivity contribution in [2.45, 2.75) is 0 Å². The minimum absolute atomic E-state index is 0.616. The van der Waals surface area contributed by atoms with Crippen LogP contribution in [0.5, 0.6) is 0 Å². The first-order valence-corrected chi connectivity index (χ1v) is 5.81. The maximum atomic E-state index is 8.84. The van der Waals surface area contributed by atoms with Gasteiger partial charge >= 0.3 is 0 Å². The Hall–Kier alpha value is -3.04. The number of hydrogen-bond donors (Lipinski definition) is 0. The molecule has 0 saturated carbocycles. The second-order valence-corrected chi connectivity index (χ2v) is 4.01. The Morgan fingerprint density at radius 2 is 1.89 bits per heavy atom. The summed E-state index contributed by atoms with van der Waals surface area (Å²) in [5.74, 6) is 6.13. The topological polar surface area (TPSA) is 41.1 Å². The molecule has 0 spiro atoms. The zero-order valence-electron chi connectivity index (χ0n) is 10.0. The molecule has 0 fully saturated rings. The normalized spacial score (nSPS) is 9.63. The van der Waals surface area contributed by atoms with E-state index in [1.165, 1.54) is 0 Å². The van der Waals surface area contributed by atoms with Crippen molar-refractivity contribution in [1.29, 1.82) is 5.26 Å². The molecule has 88 valence electrons. The highest BCUT2D eigenvalue weighted by atomic mass is 15.0. The number of imidazole rings is 1. The summed E-state index contributed by atoms with van der Waals surface area (Å²) in [7, 11) is 0. The molecule has 3 rings (SSSR count). The first-order valence-electron chi connectivity index (χ1n) is 5.81. The highest BCUT2D eigenvalue weighted by Gasteiger charge is 1.98. The summed E-state index contributed by atoms with van der Waals surface area (Å²) in [5.41, 5.74) is 3.14. The van der Waals surface area contributed by atoms with Crippen molar-refractivity contribution in [2.24, 2.45) is 0 Å². The molecule has 0 unspecified atom stereocenters. The molecule has 0 aliphatic carbocycles. The average molecular weight is 243 g/mol. The van der Waals surface area contributed by atoms with Crippen LogP contribution in [0.2, 0.25) is 0 Å². The van der Waals surface area contributed by atoms with Crippen LogP contribution in [0.4, 0.5) is 0 Å². The lowest BCUT2D eigenvalue weighted by Crippen LogP contribution is -1.86. The average Bonchev–Trinajstić information content (AvgIpc) is 2.89. The van der Waals surface area contributed by atoms with Gasteiger partial charge in [-0.1, -0.05) is 18.1 Å². The van der Waals surface area contributed by atoms with Crippen LogP contribution < -0.4 is 0 Å². The minimum Gasteiger partial charge on any atom is -0.293 e. The molecule has 0 aliphatic heterocycles. The van der Waals surface area contributed by atoms with Gasteiger partial charge in [0.2, 0.25) is 0 Å². The maximum absolute atomic E-state index is 8.84. The van der Waals surface area contributed by atoms with E-state index in [1.54, 1.807) is 18.3 Å². The smallest absolute Gasteiger partial charge is 0.137 e. The number of nitrogens with zero attached hydrogens (tertiary/aromatic N) is 3. The van der Waals surface area contributed by atoms with Crippen LogP contribution in [0.3, 0.4) is 0 Å². The fourth-order valence-corrected chi connectivity index (χ4v) is 1.83. The third kappa shape index (κ3) is 2.18. The highest BCUT2D eigenvalue weighted by Crippen LogP contribution is 2.06. The van der Waals surface area contributed by atoms with Gasteiger partial charge in [0.05, 0.1) is 17.8 Å². The molecular formula is C16H9N3. The second-order valence-electron chi connectivity index (χ2n) is 4.01. The van der Waals surface area contributed by atoms with Crippen molar-refractivity contribution in [3.63, 3.8) is 0 Å². The summed E-state index contributed by atoms with van der Waals surface area (Å²) >= 11 is 0. The number of nitriles is 1. The van der Waals surface area contributed by atoms with Crippen LogP contribution in [-0.4, -0.2) is 9.38 Å². The van der Waals surface area contributed by atoms with Gasteiger partial charge in [-0.05, 0) is 36.3 Å². The molecule has 2 aromatic heterocycles. The summed E-state index contributed by atoms with van der Waals surface area (Å²) in [6.45, 7) is 0. The number of fused-ring (bicyclic) bond motifs is 1. The van der Waals surface area contributed by atoms with Crippen molar-refractivity contribution in [1.82, 2.24) is 9.38 Å². The molecule has 3 nitrogen and oxygen atoms in total. The predicted molar refractivity (Wildman–Crippen MR) is 72.3 cm³/mol. The van der Waals surface area contributed by atoms with Crippen LogP contribution in [0, 0.1) is 23.2 Å². The Bertz CT molecular complexity index is 841. The van der Waals surface area contributed by atoms with Crippen molar-refractivity contribution in [3.8, 4) is 17.9 Å². The molecule has 0 aliphatic rings. The molecule has 0 radical (unpaired) electrons. The molecule has 2 heterocycles. The quantitative estimate of drug-likeness (QED) is 0.569. The van der Waals surface area contributed by atoms with Gasteiger partial charge in [-0.25, -0.2) is 4.98 Å². The first kappa shape index (κ1) is 11.1. The Labute approximate surface area is 110 Å². The third-order valence-electron chi connectivity index (χ3n) is 2.74. The lowest BCUT2D eigenvalue weighted by molar-refractivity contribution is 1.16. The third-order valence-corrected chi connectivity index (χ3v) is 2.74. The Kier molecular flexibility index (Phi) is 2.73. The number of hydrogen-bond acceptors (Lipinski definition) is 2. The number of benzene rings is 1. The molecule has 0 N–H and O–H groups in total. The predicted octanol–water partition coefficient (Wildman–Crippen LogP) is 2.61. The molecule has 19 heavy (non-hydrogen) atoms. The number of pyridine rings is 1. The van der Waals surface area contributed by atoms with Gasteiger partial charge in [-0.3, -0.25) is 4.40 Å². The highest BCUT2D eigenvalue weighted by molar-refractivity contribution is 5.48. The fourth-order valence-electron chi connectivity index (χ4n) is 1.83. The summed E-state index contributed by atoms with van der Waals surface area (Å²) in [4.78, 5) is 4.27. The fraction of sp³-hybridized carbons (Fsp3) is 0. The van der Waals surface area contributed by atoms with E-state index in [9.17, 15) is 0 Å². The van der Waals surface area contributed by atoms with Gasteiger partial charge in [0, 0.05) is 11.8 Å². The molecule has 0 atom stereocenters. The number of aromatic nitrogens is 2. The lowest BCUT2D eigenvalue weighted by Gasteiger charge is -1.93. The molecule has 3 heteroatoms. The van der Waals surface area contributed by atoms with E-state index in [2.05, 4.69) is 22.9 Å². The molecule has 0 bridgehead atoms. The van der Waals surface area contributed by atoms with Crippen LogP contribution in [0.15, 0.2) is 54.9 Å². The SMILES string of the molecule is N#Cc1cccc(C#Cc2cnc3ccccn23)c1. The van der Waals surface area contributed by atoms with E-state index in [0.717, 1.165) is 16.9 Å². The molecule has 3 aromatic rings. The van der Waals surface area contributed by atoms with Crippen LogP contribution in [0.25, 0.3) is 5.65 Å². The zero-order chi connectivity index (χ0) is 13.1. The first-order chi connectivity index (χ1) is 9.36. The molecule has 1 aromatic carbocycles. The molecule has 0 saturated heterocycles. The summed E-state index contributed by atoms with van der Waals surface area (Å²) in [5, 5.41) is 8.84. The van der Waals surface area contributed by atoms with Crippen molar-refractivity contribution in [2.75, 3.05) is 0 Å². The molecule has 0 amide bonds. The largest absolute Gasteiger partial charge is 0.293 e. The van der Waals surface area contributed by atoms with Gasteiger partial charge in [-0.2, -0.15) is 5.26 Å². The standard InChI is InChI=1S/C16H9N3/c17-11-14-5-3-4-13(10-14)7-8-15-12-18-16-6-1-2-9-19(15)16/h1-6,9-10,12H.